The van der Waals surface area contributed by atoms with Crippen LogP contribution in [0.5, 0.6) is 0 Å². The summed E-state index contributed by atoms with van der Waals surface area (Å²) in [7, 11) is 0. The van der Waals surface area contributed by atoms with Crippen LogP contribution in [-0.4, -0.2) is 16.9 Å². The Balaban J connectivity index is 3.14. The summed E-state index contributed by atoms with van der Waals surface area (Å²) in [6, 6.07) is 2.57. The summed E-state index contributed by atoms with van der Waals surface area (Å²) < 4.78 is 49.0. The molecule has 0 bridgehead atoms. The van der Waals surface area contributed by atoms with Gasteiger partial charge in [0.05, 0.1) is 16.9 Å². The predicted octanol–water partition coefficient (Wildman–Crippen LogP) is 2.41. The summed E-state index contributed by atoms with van der Waals surface area (Å²) in [5.74, 6) is -3.44. The minimum Gasteiger partial charge on any atom is -0.289 e. The summed E-state index contributed by atoms with van der Waals surface area (Å²) in [4.78, 5) is 20.1. The Kier molecular flexibility index (Phi) is 3.45. The van der Waals surface area contributed by atoms with E-state index in [4.69, 9.17) is 0 Å². The summed E-state index contributed by atoms with van der Waals surface area (Å²) in [6.07, 6.45) is -6.53. The van der Waals surface area contributed by atoms with Gasteiger partial charge in [-0.15, -0.1) is 0 Å². The summed E-state index contributed by atoms with van der Waals surface area (Å²) >= 11 is 0. The molecule has 0 atom stereocenters. The zero-order valence-corrected chi connectivity index (χ0v) is 8.12. The van der Waals surface area contributed by atoms with Gasteiger partial charge in [0, 0.05) is 6.07 Å². The first-order chi connectivity index (χ1) is 7.73. The standard InChI is InChI=1S/C9H5F4NO3/c10-6-2-1-3-7(14(16)17)5(6)4-8(15)9(11,12)13/h1-3H,4H2. The molecule has 4 nitrogen and oxygen atoms in total. The fraction of sp³-hybridized carbons (Fsp3) is 0.222. The van der Waals surface area contributed by atoms with Crippen LogP contribution in [0.3, 0.4) is 0 Å². The number of nitro benzene ring substituents is 1. The van der Waals surface area contributed by atoms with E-state index in [-0.39, 0.29) is 0 Å². The molecule has 0 aromatic heterocycles. The fourth-order valence-corrected chi connectivity index (χ4v) is 1.15. The van der Waals surface area contributed by atoms with E-state index in [0.717, 1.165) is 18.2 Å². The molecule has 0 fully saturated rings. The van der Waals surface area contributed by atoms with Gasteiger partial charge in [-0.25, -0.2) is 4.39 Å². The number of alkyl halides is 3. The molecule has 17 heavy (non-hydrogen) atoms. The SMILES string of the molecule is O=C(Cc1c(F)cccc1[N+](=O)[O-])C(F)(F)F. The Morgan fingerprint density at radius 1 is 1.35 bits per heavy atom. The van der Waals surface area contributed by atoms with Crippen molar-refractivity contribution in [2.24, 2.45) is 0 Å². The van der Waals surface area contributed by atoms with Gasteiger partial charge in [0.1, 0.15) is 5.82 Å². The quantitative estimate of drug-likeness (QED) is 0.470. The largest absolute Gasteiger partial charge is 0.450 e. The normalized spacial score (nSPS) is 11.3. The molecule has 0 spiro atoms. The highest BCUT2D eigenvalue weighted by Gasteiger charge is 2.39. The Morgan fingerprint density at radius 2 is 1.94 bits per heavy atom. The first kappa shape index (κ1) is 13.1. The second-order valence-corrected chi connectivity index (χ2v) is 3.09. The maximum absolute atomic E-state index is 13.1. The molecule has 0 radical (unpaired) electrons. The van der Waals surface area contributed by atoms with Crippen LogP contribution < -0.4 is 0 Å². The number of carbonyl (C=O) groups is 1. The molecular weight excluding hydrogens is 246 g/mol. The Hall–Kier alpha value is -1.99. The van der Waals surface area contributed by atoms with Crippen molar-refractivity contribution in [3.8, 4) is 0 Å². The van der Waals surface area contributed by atoms with Crippen LogP contribution in [0, 0.1) is 15.9 Å². The monoisotopic (exact) mass is 251 g/mol. The zero-order valence-electron chi connectivity index (χ0n) is 8.12. The number of halogens is 4. The van der Waals surface area contributed by atoms with Crippen molar-refractivity contribution < 1.29 is 27.3 Å². The fourth-order valence-electron chi connectivity index (χ4n) is 1.15. The topological polar surface area (TPSA) is 60.2 Å². The first-order valence-corrected chi connectivity index (χ1v) is 4.25. The lowest BCUT2D eigenvalue weighted by Gasteiger charge is -2.06. The van der Waals surface area contributed by atoms with E-state index in [0.29, 0.717) is 0 Å². The molecular formula is C9H5F4NO3. The van der Waals surface area contributed by atoms with E-state index in [9.17, 15) is 32.5 Å². The molecule has 0 aliphatic heterocycles. The molecule has 0 saturated carbocycles. The third-order valence-corrected chi connectivity index (χ3v) is 1.94. The average Bonchev–Trinajstić information content (AvgIpc) is 2.18. The maximum atomic E-state index is 13.1. The van der Waals surface area contributed by atoms with Gasteiger partial charge in [-0.1, -0.05) is 6.07 Å². The van der Waals surface area contributed by atoms with E-state index >= 15 is 0 Å². The number of hydrogen-bond acceptors (Lipinski definition) is 3. The highest BCUT2D eigenvalue weighted by molar-refractivity contribution is 5.86. The van der Waals surface area contributed by atoms with Crippen molar-refractivity contribution in [2.75, 3.05) is 0 Å². The van der Waals surface area contributed by atoms with Crippen LogP contribution in [0.4, 0.5) is 23.2 Å². The highest BCUT2D eigenvalue weighted by Crippen LogP contribution is 2.25. The number of carbonyl (C=O) groups excluding carboxylic acids is 1. The minimum atomic E-state index is -5.14. The number of nitrogens with zero attached hydrogens (tertiary/aromatic N) is 1. The Labute approximate surface area is 92.0 Å². The van der Waals surface area contributed by atoms with Crippen molar-refractivity contribution in [2.45, 2.75) is 12.6 Å². The Morgan fingerprint density at radius 3 is 2.41 bits per heavy atom. The molecule has 1 rings (SSSR count). The Bertz CT molecular complexity index is 470. The summed E-state index contributed by atoms with van der Waals surface area (Å²) in [6.45, 7) is 0. The lowest BCUT2D eigenvalue weighted by molar-refractivity contribution is -0.385. The van der Waals surface area contributed by atoms with Crippen LogP contribution in [0.1, 0.15) is 5.56 Å². The molecule has 0 N–H and O–H groups in total. The van der Waals surface area contributed by atoms with Gasteiger partial charge in [0.15, 0.2) is 0 Å². The van der Waals surface area contributed by atoms with Crippen LogP contribution in [0.15, 0.2) is 18.2 Å². The molecule has 1 aromatic carbocycles. The lowest BCUT2D eigenvalue weighted by atomic mass is 10.1. The van der Waals surface area contributed by atoms with Crippen molar-refractivity contribution in [1.29, 1.82) is 0 Å². The van der Waals surface area contributed by atoms with E-state index in [1.165, 1.54) is 0 Å². The van der Waals surface area contributed by atoms with Gasteiger partial charge >= 0.3 is 6.18 Å². The van der Waals surface area contributed by atoms with Crippen LogP contribution >= 0.6 is 0 Å². The van der Waals surface area contributed by atoms with E-state index < -0.39 is 40.4 Å². The van der Waals surface area contributed by atoms with Crippen LogP contribution in [0.2, 0.25) is 0 Å². The lowest BCUT2D eigenvalue weighted by Crippen LogP contribution is -2.25. The van der Waals surface area contributed by atoms with Gasteiger partial charge in [0.25, 0.3) is 5.69 Å². The molecule has 0 saturated heterocycles. The van der Waals surface area contributed by atoms with Crippen LogP contribution in [0.25, 0.3) is 0 Å². The van der Waals surface area contributed by atoms with E-state index in [1.54, 1.807) is 0 Å². The molecule has 0 heterocycles. The predicted molar refractivity (Wildman–Crippen MR) is 47.8 cm³/mol. The molecule has 0 unspecified atom stereocenters. The van der Waals surface area contributed by atoms with Crippen LogP contribution in [-0.2, 0) is 11.2 Å². The minimum absolute atomic E-state index is 0.756. The van der Waals surface area contributed by atoms with Crippen molar-refractivity contribution in [3.05, 3.63) is 39.7 Å². The number of benzene rings is 1. The second-order valence-electron chi connectivity index (χ2n) is 3.09. The third kappa shape index (κ3) is 2.99. The van der Waals surface area contributed by atoms with Crippen molar-refractivity contribution >= 4 is 11.5 Å². The highest BCUT2D eigenvalue weighted by atomic mass is 19.4. The van der Waals surface area contributed by atoms with Gasteiger partial charge in [-0.05, 0) is 6.07 Å². The maximum Gasteiger partial charge on any atom is 0.450 e. The molecule has 92 valence electrons. The first-order valence-electron chi connectivity index (χ1n) is 4.25. The van der Waals surface area contributed by atoms with E-state index in [2.05, 4.69) is 0 Å². The summed E-state index contributed by atoms with van der Waals surface area (Å²) in [5, 5.41) is 10.5. The number of hydrogen-bond donors (Lipinski definition) is 0. The average molecular weight is 251 g/mol. The van der Waals surface area contributed by atoms with Gasteiger partial charge in [0.2, 0.25) is 5.78 Å². The number of rotatable bonds is 3. The van der Waals surface area contributed by atoms with Gasteiger partial charge in [-0.2, -0.15) is 13.2 Å². The van der Waals surface area contributed by atoms with Gasteiger partial charge < -0.3 is 0 Å². The molecule has 8 heteroatoms. The van der Waals surface area contributed by atoms with Crippen molar-refractivity contribution in [3.63, 3.8) is 0 Å². The number of Topliss-reactive ketones (excluding diaryl/α,β-unsaturated/α-hetero) is 1. The smallest absolute Gasteiger partial charge is 0.289 e. The molecule has 1 aromatic rings. The molecule has 0 aliphatic carbocycles. The second kappa shape index (κ2) is 4.48. The zero-order chi connectivity index (χ0) is 13.2. The third-order valence-electron chi connectivity index (χ3n) is 1.94. The number of nitro groups is 1. The summed E-state index contributed by atoms with van der Waals surface area (Å²) in [5.41, 5.74) is -1.71. The van der Waals surface area contributed by atoms with E-state index in [1.807, 2.05) is 0 Å². The molecule has 0 amide bonds. The molecule has 0 aliphatic rings. The number of ketones is 1. The van der Waals surface area contributed by atoms with Gasteiger partial charge in [-0.3, -0.25) is 14.9 Å². The van der Waals surface area contributed by atoms with Crippen molar-refractivity contribution in [1.82, 2.24) is 0 Å².